The molecule has 8 nitrogen and oxygen atoms in total. The molecule has 8 heteroatoms. The van der Waals surface area contributed by atoms with Gasteiger partial charge in [-0.05, 0) is 60.7 Å². The molecule has 0 aliphatic carbocycles. The van der Waals surface area contributed by atoms with Crippen molar-refractivity contribution in [3.63, 3.8) is 0 Å². The zero-order valence-electron chi connectivity index (χ0n) is 33.2. The van der Waals surface area contributed by atoms with Crippen LogP contribution in [-0.2, 0) is 0 Å². The van der Waals surface area contributed by atoms with Crippen molar-refractivity contribution < 1.29 is 0 Å². The lowest BCUT2D eigenvalue weighted by Crippen LogP contribution is -2.02. The molecule has 0 aliphatic heterocycles. The number of aromatic nitrogens is 8. The first-order valence-electron chi connectivity index (χ1n) is 20.5. The summed E-state index contributed by atoms with van der Waals surface area (Å²) in [6, 6.07) is 66.5. The van der Waals surface area contributed by atoms with Gasteiger partial charge in [0.2, 0.25) is 0 Å². The molecule has 0 N–H and O–H groups in total. The van der Waals surface area contributed by atoms with Gasteiger partial charge in [-0.3, -0.25) is 9.97 Å². The molecule has 0 unspecified atom stereocenters. The van der Waals surface area contributed by atoms with Crippen molar-refractivity contribution in [1.29, 1.82) is 0 Å². The summed E-state index contributed by atoms with van der Waals surface area (Å²) in [6.45, 7) is 0. The standard InChI is InChI=1S/C54H34N8/c1-3-15-35(16-4-1)52-58-53(36-17-5-2-6-18-36)60-54(59-52)37-31-46(44-33-38(27-29-55-44)61-48-23-11-7-19-40(48)41-20-8-12-24-49(41)61)57-47(32-37)45-34-39(28-30-56-45)62-50-25-13-9-21-42(50)43-22-10-14-26-51(43)62/h1-34H. The third-order valence-electron chi connectivity index (χ3n) is 11.5. The van der Waals surface area contributed by atoms with Gasteiger partial charge in [0.25, 0.3) is 0 Å². The van der Waals surface area contributed by atoms with Crippen molar-refractivity contribution in [3.8, 4) is 68.3 Å². The van der Waals surface area contributed by atoms with Gasteiger partial charge in [0.15, 0.2) is 17.5 Å². The lowest BCUT2D eigenvalue weighted by Gasteiger charge is -2.13. The molecular weight excluding hydrogens is 761 g/mol. The predicted octanol–water partition coefficient (Wildman–Crippen LogP) is 12.6. The second-order valence-electron chi connectivity index (χ2n) is 15.2. The van der Waals surface area contributed by atoms with Gasteiger partial charge >= 0.3 is 0 Å². The first-order chi connectivity index (χ1) is 30.7. The van der Waals surface area contributed by atoms with Crippen LogP contribution in [0.3, 0.4) is 0 Å². The zero-order valence-corrected chi connectivity index (χ0v) is 33.2. The minimum Gasteiger partial charge on any atom is -0.309 e. The maximum absolute atomic E-state index is 5.34. The smallest absolute Gasteiger partial charge is 0.164 e. The molecule has 62 heavy (non-hydrogen) atoms. The number of pyridine rings is 3. The number of hydrogen-bond acceptors (Lipinski definition) is 6. The fourth-order valence-corrected chi connectivity index (χ4v) is 8.66. The number of fused-ring (bicyclic) bond motifs is 6. The second-order valence-corrected chi connectivity index (χ2v) is 15.2. The molecule has 0 spiro atoms. The molecule has 6 aromatic carbocycles. The van der Waals surface area contributed by atoms with Crippen molar-refractivity contribution >= 4 is 43.6 Å². The summed E-state index contributed by atoms with van der Waals surface area (Å²) < 4.78 is 4.59. The van der Waals surface area contributed by atoms with E-state index in [1.807, 2.05) is 97.3 Å². The van der Waals surface area contributed by atoms with Gasteiger partial charge in [-0.1, -0.05) is 133 Å². The van der Waals surface area contributed by atoms with Crippen LogP contribution in [-0.4, -0.2) is 39.0 Å². The van der Waals surface area contributed by atoms with Gasteiger partial charge in [-0.15, -0.1) is 0 Å². The zero-order chi connectivity index (χ0) is 41.0. The van der Waals surface area contributed by atoms with E-state index >= 15 is 0 Å². The summed E-state index contributed by atoms with van der Waals surface area (Å²) >= 11 is 0. The molecule has 6 heterocycles. The van der Waals surface area contributed by atoms with Gasteiger partial charge in [0.1, 0.15) is 0 Å². The number of benzene rings is 6. The van der Waals surface area contributed by atoms with E-state index in [1.54, 1.807) is 0 Å². The summed E-state index contributed by atoms with van der Waals surface area (Å²) in [7, 11) is 0. The maximum atomic E-state index is 5.34. The molecule has 290 valence electrons. The second kappa shape index (κ2) is 14.6. The molecule has 0 amide bonds. The van der Waals surface area contributed by atoms with Crippen LogP contribution in [0.25, 0.3) is 112 Å². The Balaban J connectivity index is 1.08. The Morgan fingerprint density at radius 3 is 1.00 bits per heavy atom. The van der Waals surface area contributed by atoms with E-state index in [0.717, 1.165) is 50.1 Å². The fraction of sp³-hybridized carbons (Fsp3) is 0. The average Bonchev–Trinajstić information content (AvgIpc) is 3.87. The third kappa shape index (κ3) is 6.00. The van der Waals surface area contributed by atoms with Crippen molar-refractivity contribution in [3.05, 3.63) is 207 Å². The van der Waals surface area contributed by atoms with Crippen LogP contribution in [0.15, 0.2) is 207 Å². The van der Waals surface area contributed by atoms with Gasteiger partial charge in [-0.25, -0.2) is 19.9 Å². The molecule has 0 atom stereocenters. The van der Waals surface area contributed by atoms with Crippen molar-refractivity contribution in [1.82, 2.24) is 39.0 Å². The molecule has 0 radical (unpaired) electrons. The fourth-order valence-electron chi connectivity index (χ4n) is 8.66. The van der Waals surface area contributed by atoms with Crippen LogP contribution in [0, 0.1) is 0 Å². The lowest BCUT2D eigenvalue weighted by molar-refractivity contribution is 1.07. The van der Waals surface area contributed by atoms with E-state index in [2.05, 4.69) is 118 Å². The monoisotopic (exact) mass is 794 g/mol. The highest BCUT2D eigenvalue weighted by Crippen LogP contribution is 2.36. The Morgan fingerprint density at radius 2 is 0.613 bits per heavy atom. The van der Waals surface area contributed by atoms with Crippen LogP contribution < -0.4 is 0 Å². The Hall–Kier alpha value is -8.62. The Labute approximate surface area is 356 Å². The maximum Gasteiger partial charge on any atom is 0.164 e. The van der Waals surface area contributed by atoms with Gasteiger partial charge in [0.05, 0.1) is 44.8 Å². The number of para-hydroxylation sites is 4. The van der Waals surface area contributed by atoms with Crippen LogP contribution in [0.4, 0.5) is 0 Å². The van der Waals surface area contributed by atoms with Crippen molar-refractivity contribution in [2.24, 2.45) is 0 Å². The molecule has 12 aromatic rings. The lowest BCUT2D eigenvalue weighted by atomic mass is 10.1. The molecule has 0 aliphatic rings. The molecule has 6 aromatic heterocycles. The summed E-state index contributed by atoms with van der Waals surface area (Å²) in [5.74, 6) is 1.67. The SMILES string of the molecule is c1ccc(-c2nc(-c3ccccc3)nc(-c3cc(-c4cc(-n5c6ccccc6c6ccccc65)ccn4)nc(-c4cc(-n5c6ccccc6c6ccccc65)ccn4)c3)n2)cc1. The quantitative estimate of drug-likeness (QED) is 0.160. The van der Waals surface area contributed by atoms with Crippen LogP contribution >= 0.6 is 0 Å². The van der Waals surface area contributed by atoms with Crippen LogP contribution in [0.2, 0.25) is 0 Å². The van der Waals surface area contributed by atoms with E-state index in [0.29, 0.717) is 40.2 Å². The average molecular weight is 795 g/mol. The highest BCUT2D eigenvalue weighted by molar-refractivity contribution is 6.10. The van der Waals surface area contributed by atoms with Crippen LogP contribution in [0.1, 0.15) is 0 Å². The number of hydrogen-bond donors (Lipinski definition) is 0. The van der Waals surface area contributed by atoms with Gasteiger partial charge < -0.3 is 9.13 Å². The Kier molecular flexibility index (Phi) is 8.31. The van der Waals surface area contributed by atoms with E-state index in [9.17, 15) is 0 Å². The Morgan fingerprint density at radius 1 is 0.274 bits per heavy atom. The van der Waals surface area contributed by atoms with E-state index < -0.39 is 0 Å². The first-order valence-corrected chi connectivity index (χ1v) is 20.5. The molecule has 0 saturated heterocycles. The molecule has 12 rings (SSSR count). The highest BCUT2D eigenvalue weighted by Gasteiger charge is 2.19. The summed E-state index contributed by atoms with van der Waals surface area (Å²) in [6.07, 6.45) is 3.71. The summed E-state index contributed by atoms with van der Waals surface area (Å²) in [5.41, 5.74) is 11.7. The minimum atomic E-state index is 0.514. The molecular formula is C54H34N8. The highest BCUT2D eigenvalue weighted by atomic mass is 15.0. The van der Waals surface area contributed by atoms with Crippen molar-refractivity contribution in [2.45, 2.75) is 0 Å². The minimum absolute atomic E-state index is 0.514. The topological polar surface area (TPSA) is 87.2 Å². The van der Waals surface area contributed by atoms with Crippen molar-refractivity contribution in [2.75, 3.05) is 0 Å². The molecule has 0 saturated carbocycles. The van der Waals surface area contributed by atoms with Gasteiger partial charge in [0, 0.05) is 62.0 Å². The first kappa shape index (κ1) is 35.3. The molecule has 0 bridgehead atoms. The van der Waals surface area contributed by atoms with E-state index in [1.165, 1.54) is 21.5 Å². The van der Waals surface area contributed by atoms with Crippen LogP contribution in [0.5, 0.6) is 0 Å². The largest absolute Gasteiger partial charge is 0.309 e. The predicted molar refractivity (Wildman–Crippen MR) is 249 cm³/mol. The molecule has 0 fully saturated rings. The third-order valence-corrected chi connectivity index (χ3v) is 11.5. The van der Waals surface area contributed by atoms with Gasteiger partial charge in [-0.2, -0.15) is 0 Å². The number of nitrogens with zero attached hydrogens (tertiary/aromatic N) is 8. The summed E-state index contributed by atoms with van der Waals surface area (Å²) in [4.78, 5) is 30.5. The normalized spacial score (nSPS) is 11.5. The van der Waals surface area contributed by atoms with E-state index in [4.69, 9.17) is 29.9 Å². The number of rotatable bonds is 7. The Bertz CT molecular complexity index is 3310. The van der Waals surface area contributed by atoms with E-state index in [-0.39, 0.29) is 0 Å². The summed E-state index contributed by atoms with van der Waals surface area (Å²) in [5, 5.41) is 4.76.